The largest absolute Gasteiger partial charge is 0.342 e. The molecule has 0 bridgehead atoms. The summed E-state index contributed by atoms with van der Waals surface area (Å²) in [4.78, 5) is 31.6. The summed E-state index contributed by atoms with van der Waals surface area (Å²) in [6, 6.07) is 12.6. The average molecular weight is 411 g/mol. The SMILES string of the molecule is CC(C)(C)C(=O)N1CCC(C(=O)N2CCc3sccc3C2c2ccccc2)CC1. The summed E-state index contributed by atoms with van der Waals surface area (Å²) in [5, 5.41) is 2.14. The van der Waals surface area contributed by atoms with Gasteiger partial charge < -0.3 is 9.80 Å². The highest BCUT2D eigenvalue weighted by molar-refractivity contribution is 7.10. The summed E-state index contributed by atoms with van der Waals surface area (Å²) < 4.78 is 0. The highest BCUT2D eigenvalue weighted by atomic mass is 32.1. The third-order valence-electron chi connectivity index (χ3n) is 6.14. The van der Waals surface area contributed by atoms with Gasteiger partial charge in [-0.25, -0.2) is 0 Å². The molecule has 2 aromatic rings. The summed E-state index contributed by atoms with van der Waals surface area (Å²) in [6.45, 7) is 8.02. The molecule has 1 aromatic heterocycles. The van der Waals surface area contributed by atoms with E-state index in [1.165, 1.54) is 16.0 Å². The second-order valence-corrected chi connectivity index (χ2v) is 10.2. The number of thiophene rings is 1. The molecule has 4 rings (SSSR count). The molecule has 1 saturated heterocycles. The Kier molecular flexibility index (Phi) is 5.52. The first-order valence-electron chi connectivity index (χ1n) is 10.6. The molecule has 1 aromatic carbocycles. The van der Waals surface area contributed by atoms with Crippen molar-refractivity contribution in [2.24, 2.45) is 11.3 Å². The molecule has 0 saturated carbocycles. The van der Waals surface area contributed by atoms with E-state index in [0.717, 1.165) is 25.8 Å². The summed E-state index contributed by atoms with van der Waals surface area (Å²) in [5.41, 5.74) is 2.10. The number of nitrogens with zero attached hydrogens (tertiary/aromatic N) is 2. The number of rotatable bonds is 2. The van der Waals surface area contributed by atoms with E-state index in [0.29, 0.717) is 13.1 Å². The lowest BCUT2D eigenvalue weighted by molar-refractivity contribution is -0.145. The molecule has 0 aliphatic carbocycles. The summed E-state index contributed by atoms with van der Waals surface area (Å²) in [7, 11) is 0. The fraction of sp³-hybridized carbons (Fsp3) is 0.500. The van der Waals surface area contributed by atoms with Crippen LogP contribution in [0.1, 0.15) is 55.7 Å². The van der Waals surface area contributed by atoms with Crippen LogP contribution in [0.4, 0.5) is 0 Å². The Morgan fingerprint density at radius 3 is 2.34 bits per heavy atom. The van der Waals surface area contributed by atoms with Gasteiger partial charge in [-0.3, -0.25) is 9.59 Å². The van der Waals surface area contributed by atoms with Crippen LogP contribution in [0, 0.1) is 11.3 Å². The van der Waals surface area contributed by atoms with Gasteiger partial charge in [-0.05, 0) is 41.8 Å². The first kappa shape index (κ1) is 20.1. The molecule has 5 heteroatoms. The zero-order valence-corrected chi connectivity index (χ0v) is 18.4. The van der Waals surface area contributed by atoms with Crippen LogP contribution in [-0.4, -0.2) is 41.2 Å². The van der Waals surface area contributed by atoms with E-state index < -0.39 is 0 Å². The van der Waals surface area contributed by atoms with Crippen molar-refractivity contribution in [2.45, 2.75) is 46.1 Å². The number of likely N-dealkylation sites (tertiary alicyclic amines) is 1. The quantitative estimate of drug-likeness (QED) is 0.731. The van der Waals surface area contributed by atoms with Gasteiger partial charge in [0.25, 0.3) is 0 Å². The van der Waals surface area contributed by atoms with Crippen LogP contribution in [0.2, 0.25) is 0 Å². The molecule has 2 aliphatic heterocycles. The van der Waals surface area contributed by atoms with Gasteiger partial charge in [-0.1, -0.05) is 51.1 Å². The van der Waals surface area contributed by atoms with E-state index in [1.54, 1.807) is 11.3 Å². The minimum absolute atomic E-state index is 0.00502. The van der Waals surface area contributed by atoms with E-state index >= 15 is 0 Å². The number of hydrogen-bond acceptors (Lipinski definition) is 3. The number of amides is 2. The maximum Gasteiger partial charge on any atom is 0.227 e. The molecular formula is C24H30N2O2S. The van der Waals surface area contributed by atoms with Crippen LogP contribution in [0.25, 0.3) is 0 Å². The number of piperidine rings is 1. The van der Waals surface area contributed by atoms with Gasteiger partial charge in [0.05, 0.1) is 6.04 Å². The van der Waals surface area contributed by atoms with E-state index in [9.17, 15) is 9.59 Å². The van der Waals surface area contributed by atoms with Gasteiger partial charge in [0, 0.05) is 35.8 Å². The predicted molar refractivity (Wildman–Crippen MR) is 117 cm³/mol. The molecule has 0 radical (unpaired) electrons. The van der Waals surface area contributed by atoms with E-state index in [4.69, 9.17) is 0 Å². The second kappa shape index (κ2) is 7.94. The van der Waals surface area contributed by atoms with Gasteiger partial charge in [0.1, 0.15) is 0 Å². The lowest BCUT2D eigenvalue weighted by Gasteiger charge is -2.41. The Morgan fingerprint density at radius 1 is 1.00 bits per heavy atom. The van der Waals surface area contributed by atoms with Crippen molar-refractivity contribution in [1.82, 2.24) is 9.80 Å². The van der Waals surface area contributed by atoms with Crippen molar-refractivity contribution in [3.05, 3.63) is 57.8 Å². The van der Waals surface area contributed by atoms with E-state index in [1.807, 2.05) is 31.7 Å². The summed E-state index contributed by atoms with van der Waals surface area (Å²) in [6.07, 6.45) is 2.45. The molecule has 2 aliphatic rings. The van der Waals surface area contributed by atoms with Crippen molar-refractivity contribution in [3.8, 4) is 0 Å². The zero-order chi connectivity index (χ0) is 20.6. The Balaban J connectivity index is 1.52. The van der Waals surface area contributed by atoms with Crippen molar-refractivity contribution in [3.63, 3.8) is 0 Å². The van der Waals surface area contributed by atoms with Gasteiger partial charge in [0.15, 0.2) is 0 Å². The van der Waals surface area contributed by atoms with E-state index in [-0.39, 0.29) is 29.2 Å². The Morgan fingerprint density at radius 2 is 1.69 bits per heavy atom. The Labute approximate surface area is 177 Å². The molecule has 3 heterocycles. The number of carbonyl (C=O) groups is 2. The molecule has 1 unspecified atom stereocenters. The van der Waals surface area contributed by atoms with Gasteiger partial charge >= 0.3 is 0 Å². The second-order valence-electron chi connectivity index (χ2n) is 9.21. The first-order chi connectivity index (χ1) is 13.9. The highest BCUT2D eigenvalue weighted by Gasteiger charge is 2.38. The third-order valence-corrected chi connectivity index (χ3v) is 7.13. The highest BCUT2D eigenvalue weighted by Crippen LogP contribution is 2.39. The fourth-order valence-corrected chi connectivity index (χ4v) is 5.49. The number of hydrogen-bond donors (Lipinski definition) is 0. The van der Waals surface area contributed by atoms with Gasteiger partial charge in [-0.2, -0.15) is 0 Å². The standard InChI is InChI=1S/C24H30N2O2S/c1-24(2,3)23(28)25-13-9-18(10-14-25)22(27)26-15-11-20-19(12-16-29-20)21(26)17-7-5-4-6-8-17/h4-8,12,16,18,21H,9-11,13-15H2,1-3H3. The predicted octanol–water partition coefficient (Wildman–Crippen LogP) is 4.51. The van der Waals surface area contributed by atoms with Crippen molar-refractivity contribution in [2.75, 3.05) is 19.6 Å². The Hall–Kier alpha value is -2.14. The average Bonchev–Trinajstić information content (AvgIpc) is 3.21. The van der Waals surface area contributed by atoms with Crippen LogP contribution in [0.5, 0.6) is 0 Å². The molecule has 2 amide bonds. The maximum atomic E-state index is 13.6. The van der Waals surface area contributed by atoms with Crippen LogP contribution in [0.3, 0.4) is 0 Å². The number of carbonyl (C=O) groups excluding carboxylic acids is 2. The van der Waals surface area contributed by atoms with Crippen LogP contribution in [-0.2, 0) is 16.0 Å². The van der Waals surface area contributed by atoms with Crippen molar-refractivity contribution in [1.29, 1.82) is 0 Å². The number of benzene rings is 1. The van der Waals surface area contributed by atoms with Crippen LogP contribution in [0.15, 0.2) is 41.8 Å². The van der Waals surface area contributed by atoms with E-state index in [2.05, 4.69) is 40.6 Å². The molecule has 154 valence electrons. The minimum Gasteiger partial charge on any atom is -0.342 e. The molecule has 29 heavy (non-hydrogen) atoms. The molecule has 0 N–H and O–H groups in total. The van der Waals surface area contributed by atoms with Crippen LogP contribution < -0.4 is 0 Å². The normalized spacial score (nSPS) is 20.4. The fourth-order valence-electron chi connectivity index (χ4n) is 4.59. The molecular weight excluding hydrogens is 380 g/mol. The molecule has 4 nitrogen and oxygen atoms in total. The molecule has 1 atom stereocenters. The summed E-state index contributed by atoms with van der Waals surface area (Å²) >= 11 is 1.80. The summed E-state index contributed by atoms with van der Waals surface area (Å²) in [5.74, 6) is 0.440. The number of fused-ring (bicyclic) bond motifs is 1. The van der Waals surface area contributed by atoms with Crippen molar-refractivity contribution >= 4 is 23.2 Å². The van der Waals surface area contributed by atoms with Gasteiger partial charge in [0.2, 0.25) is 11.8 Å². The lowest BCUT2D eigenvalue weighted by atomic mass is 9.88. The van der Waals surface area contributed by atoms with Crippen molar-refractivity contribution < 1.29 is 9.59 Å². The molecule has 1 fully saturated rings. The topological polar surface area (TPSA) is 40.6 Å². The minimum atomic E-state index is -0.364. The van der Waals surface area contributed by atoms with Crippen LogP contribution >= 0.6 is 11.3 Å². The monoisotopic (exact) mass is 410 g/mol. The third kappa shape index (κ3) is 3.97. The lowest BCUT2D eigenvalue weighted by Crippen LogP contribution is -2.49. The maximum absolute atomic E-state index is 13.6. The Bertz CT molecular complexity index is 876. The first-order valence-corrected chi connectivity index (χ1v) is 11.5. The smallest absolute Gasteiger partial charge is 0.227 e. The van der Waals surface area contributed by atoms with Gasteiger partial charge in [-0.15, -0.1) is 11.3 Å². The zero-order valence-electron chi connectivity index (χ0n) is 17.6. The molecule has 0 spiro atoms.